The van der Waals surface area contributed by atoms with Crippen LogP contribution in [0.3, 0.4) is 0 Å². The number of hydrogen-bond acceptors (Lipinski definition) is 4. The third-order valence-electron chi connectivity index (χ3n) is 5.35. The topological polar surface area (TPSA) is 95.7 Å². The van der Waals surface area contributed by atoms with Gasteiger partial charge in [-0.3, -0.25) is 9.48 Å². The molecule has 2 N–H and O–H groups in total. The van der Waals surface area contributed by atoms with Gasteiger partial charge >= 0.3 is 5.97 Å². The molecular formula is C19H31N3O4. The fraction of sp³-hybridized carbons (Fsp3) is 0.737. The van der Waals surface area contributed by atoms with E-state index in [2.05, 4.69) is 5.10 Å². The van der Waals surface area contributed by atoms with Crippen LogP contribution in [0.2, 0.25) is 0 Å². The van der Waals surface area contributed by atoms with Gasteiger partial charge in [-0.2, -0.15) is 5.10 Å². The summed E-state index contributed by atoms with van der Waals surface area (Å²) in [5, 5.41) is 24.1. The van der Waals surface area contributed by atoms with Crippen LogP contribution in [0, 0.1) is 6.92 Å². The first-order valence-corrected chi connectivity index (χ1v) is 9.59. The van der Waals surface area contributed by atoms with E-state index in [-0.39, 0.29) is 23.9 Å². The molecule has 7 heteroatoms. The molecule has 1 aromatic heterocycles. The van der Waals surface area contributed by atoms with Gasteiger partial charge < -0.3 is 15.1 Å². The highest BCUT2D eigenvalue weighted by Gasteiger charge is 2.32. The lowest BCUT2D eigenvalue weighted by Gasteiger charge is -2.35. The van der Waals surface area contributed by atoms with Crippen LogP contribution in [0.25, 0.3) is 0 Å². The standard InChI is InChI=1S/C19H31N3O4/c1-4-8-19(26,9-5-2)12-17(23)21-10-6-15(7-11-21)22-14(3)16(13-20-22)18(24)25/h13,15,26H,4-12H2,1-3H3,(H,24,25). The summed E-state index contributed by atoms with van der Waals surface area (Å²) in [6.07, 6.45) is 6.07. The summed E-state index contributed by atoms with van der Waals surface area (Å²) in [6, 6.07) is 0.109. The quantitative estimate of drug-likeness (QED) is 0.738. The van der Waals surface area contributed by atoms with Gasteiger partial charge in [-0.1, -0.05) is 26.7 Å². The zero-order valence-electron chi connectivity index (χ0n) is 16.1. The summed E-state index contributed by atoms with van der Waals surface area (Å²) >= 11 is 0. The first-order valence-electron chi connectivity index (χ1n) is 9.59. The van der Waals surface area contributed by atoms with Crippen molar-refractivity contribution >= 4 is 11.9 Å². The van der Waals surface area contributed by atoms with Crippen molar-refractivity contribution in [3.05, 3.63) is 17.5 Å². The van der Waals surface area contributed by atoms with E-state index in [1.165, 1.54) is 6.20 Å². The lowest BCUT2D eigenvalue weighted by molar-refractivity contribution is -0.138. The van der Waals surface area contributed by atoms with Gasteiger partial charge in [-0.05, 0) is 32.6 Å². The maximum atomic E-state index is 12.6. The number of aromatic nitrogens is 2. The van der Waals surface area contributed by atoms with Gasteiger partial charge in [0.05, 0.1) is 30.0 Å². The zero-order valence-corrected chi connectivity index (χ0v) is 16.1. The molecule has 1 fully saturated rings. The minimum atomic E-state index is -0.965. The molecule has 0 saturated carbocycles. The number of carbonyl (C=O) groups excluding carboxylic acids is 1. The van der Waals surface area contributed by atoms with Gasteiger partial charge in [0.15, 0.2) is 0 Å². The number of carbonyl (C=O) groups is 2. The molecule has 1 aliphatic heterocycles. The molecule has 26 heavy (non-hydrogen) atoms. The summed E-state index contributed by atoms with van der Waals surface area (Å²) in [6.45, 7) is 7.03. The third-order valence-corrected chi connectivity index (χ3v) is 5.35. The average Bonchev–Trinajstić information content (AvgIpc) is 2.97. The fourth-order valence-electron chi connectivity index (χ4n) is 3.99. The van der Waals surface area contributed by atoms with Crippen molar-refractivity contribution in [1.82, 2.24) is 14.7 Å². The Labute approximate surface area is 155 Å². The number of aromatic carboxylic acids is 1. The number of amides is 1. The molecule has 146 valence electrons. The van der Waals surface area contributed by atoms with Gasteiger partial charge in [0.1, 0.15) is 5.56 Å². The van der Waals surface area contributed by atoms with Crippen LogP contribution in [-0.4, -0.2) is 55.5 Å². The Kier molecular flexibility index (Phi) is 6.81. The predicted molar refractivity (Wildman–Crippen MR) is 98.2 cm³/mol. The molecule has 0 radical (unpaired) electrons. The fourth-order valence-corrected chi connectivity index (χ4v) is 3.99. The van der Waals surface area contributed by atoms with Gasteiger partial charge in [-0.25, -0.2) is 4.79 Å². The van der Waals surface area contributed by atoms with Crippen LogP contribution in [0.5, 0.6) is 0 Å². The van der Waals surface area contributed by atoms with Crippen molar-refractivity contribution in [3.63, 3.8) is 0 Å². The van der Waals surface area contributed by atoms with Crippen LogP contribution in [0.1, 0.15) is 80.9 Å². The molecule has 1 amide bonds. The summed E-state index contributed by atoms with van der Waals surface area (Å²) in [4.78, 5) is 25.6. The van der Waals surface area contributed by atoms with Crippen molar-refractivity contribution < 1.29 is 19.8 Å². The van der Waals surface area contributed by atoms with Crippen LogP contribution < -0.4 is 0 Å². The van der Waals surface area contributed by atoms with Crippen molar-refractivity contribution in [2.45, 2.75) is 77.4 Å². The zero-order chi connectivity index (χ0) is 19.3. The molecule has 1 aromatic rings. The summed E-state index contributed by atoms with van der Waals surface area (Å²) in [5.41, 5.74) is -0.0120. The predicted octanol–water partition coefficient (Wildman–Crippen LogP) is 2.77. The molecule has 1 saturated heterocycles. The van der Waals surface area contributed by atoms with Crippen LogP contribution in [-0.2, 0) is 4.79 Å². The van der Waals surface area contributed by atoms with Gasteiger partial charge in [-0.15, -0.1) is 0 Å². The van der Waals surface area contributed by atoms with Gasteiger partial charge in [0.2, 0.25) is 5.91 Å². The highest BCUT2D eigenvalue weighted by Crippen LogP contribution is 2.28. The molecule has 0 aliphatic carbocycles. The van der Waals surface area contributed by atoms with Crippen molar-refractivity contribution in [2.24, 2.45) is 0 Å². The van der Waals surface area contributed by atoms with E-state index in [9.17, 15) is 14.7 Å². The normalized spacial score (nSPS) is 16.1. The molecule has 0 unspecified atom stereocenters. The molecule has 0 spiro atoms. The SMILES string of the molecule is CCCC(O)(CCC)CC(=O)N1CCC(n2ncc(C(=O)O)c2C)CC1. The van der Waals surface area contributed by atoms with E-state index in [0.717, 1.165) is 25.7 Å². The maximum Gasteiger partial charge on any atom is 0.339 e. The van der Waals surface area contributed by atoms with E-state index in [0.29, 0.717) is 31.6 Å². The molecular weight excluding hydrogens is 334 g/mol. The largest absolute Gasteiger partial charge is 0.478 e. The summed E-state index contributed by atoms with van der Waals surface area (Å²) in [7, 11) is 0. The second kappa shape index (κ2) is 8.66. The van der Waals surface area contributed by atoms with Crippen molar-refractivity contribution in [2.75, 3.05) is 13.1 Å². The summed E-state index contributed by atoms with van der Waals surface area (Å²) in [5.74, 6) is -0.955. The molecule has 7 nitrogen and oxygen atoms in total. The minimum absolute atomic E-state index is 0.0104. The van der Waals surface area contributed by atoms with Crippen LogP contribution in [0.4, 0.5) is 0 Å². The molecule has 2 rings (SSSR count). The van der Waals surface area contributed by atoms with Gasteiger partial charge in [0, 0.05) is 13.1 Å². The minimum Gasteiger partial charge on any atom is -0.478 e. The van der Waals surface area contributed by atoms with E-state index in [4.69, 9.17) is 5.11 Å². The van der Waals surface area contributed by atoms with Crippen molar-refractivity contribution in [3.8, 4) is 0 Å². The number of likely N-dealkylation sites (tertiary alicyclic amines) is 1. The number of aliphatic hydroxyl groups is 1. The van der Waals surface area contributed by atoms with E-state index < -0.39 is 11.6 Å². The smallest absolute Gasteiger partial charge is 0.339 e. The lowest BCUT2D eigenvalue weighted by atomic mass is 9.88. The lowest BCUT2D eigenvalue weighted by Crippen LogP contribution is -2.43. The van der Waals surface area contributed by atoms with Crippen LogP contribution in [0.15, 0.2) is 6.20 Å². The Morgan fingerprint density at radius 1 is 1.23 bits per heavy atom. The second-order valence-corrected chi connectivity index (χ2v) is 7.41. The molecule has 2 heterocycles. The Bertz CT molecular complexity index is 627. The summed E-state index contributed by atoms with van der Waals surface area (Å²) < 4.78 is 1.77. The third kappa shape index (κ3) is 4.63. The van der Waals surface area contributed by atoms with E-state index in [1.807, 2.05) is 18.7 Å². The van der Waals surface area contributed by atoms with Crippen LogP contribution >= 0.6 is 0 Å². The molecule has 1 aliphatic rings. The first kappa shape index (κ1) is 20.4. The highest BCUT2D eigenvalue weighted by atomic mass is 16.4. The molecule has 0 aromatic carbocycles. The number of piperidine rings is 1. The Hall–Kier alpha value is -1.89. The van der Waals surface area contributed by atoms with Gasteiger partial charge in [0.25, 0.3) is 0 Å². The maximum absolute atomic E-state index is 12.6. The number of carboxylic acids is 1. The number of nitrogens with zero attached hydrogens (tertiary/aromatic N) is 3. The monoisotopic (exact) mass is 365 g/mol. The Balaban J connectivity index is 1.95. The molecule has 0 bridgehead atoms. The first-order chi connectivity index (χ1) is 12.3. The number of rotatable bonds is 8. The number of carboxylic acid groups (broad SMARTS) is 1. The van der Waals surface area contributed by atoms with E-state index in [1.54, 1.807) is 11.6 Å². The number of hydrogen-bond donors (Lipinski definition) is 2. The van der Waals surface area contributed by atoms with Crippen molar-refractivity contribution in [1.29, 1.82) is 0 Å². The Morgan fingerprint density at radius 3 is 2.27 bits per heavy atom. The molecule has 0 atom stereocenters. The Morgan fingerprint density at radius 2 is 1.81 bits per heavy atom. The second-order valence-electron chi connectivity index (χ2n) is 7.41. The highest BCUT2D eigenvalue weighted by molar-refractivity contribution is 5.88. The average molecular weight is 365 g/mol. The van der Waals surface area contributed by atoms with E-state index >= 15 is 0 Å².